The number of nitrogens with one attached hydrogen (secondary N) is 1. The van der Waals surface area contributed by atoms with Crippen molar-refractivity contribution in [1.29, 1.82) is 0 Å². The second-order valence-electron chi connectivity index (χ2n) is 5.13. The van der Waals surface area contributed by atoms with Crippen molar-refractivity contribution >= 4 is 18.5 Å². The van der Waals surface area contributed by atoms with E-state index < -0.39 is 0 Å². The number of rotatable bonds is 3. The summed E-state index contributed by atoms with van der Waals surface area (Å²) in [6.07, 6.45) is 5.99. The Hall–Kier alpha value is -0.960. The van der Waals surface area contributed by atoms with Gasteiger partial charge in [-0.15, -0.1) is 12.6 Å². The zero-order valence-corrected chi connectivity index (χ0v) is 11.7. The lowest BCUT2D eigenvalue weighted by atomic mass is 9.84. The van der Waals surface area contributed by atoms with Crippen LogP contribution < -0.4 is 5.32 Å². The molecule has 18 heavy (non-hydrogen) atoms. The molecule has 1 saturated carbocycles. The van der Waals surface area contributed by atoms with Gasteiger partial charge in [-0.2, -0.15) is 0 Å². The third-order valence-electron chi connectivity index (χ3n) is 3.84. The van der Waals surface area contributed by atoms with Gasteiger partial charge in [-0.25, -0.2) is 0 Å². The van der Waals surface area contributed by atoms with Crippen LogP contribution in [0, 0.1) is 5.92 Å². The van der Waals surface area contributed by atoms with Gasteiger partial charge in [0.25, 0.3) is 5.91 Å². The first kappa shape index (κ1) is 13.5. The van der Waals surface area contributed by atoms with Crippen LogP contribution in [0.4, 0.5) is 0 Å². The molecule has 1 aromatic carbocycles. The highest BCUT2D eigenvalue weighted by atomic mass is 32.1. The first-order valence-corrected chi connectivity index (χ1v) is 7.24. The van der Waals surface area contributed by atoms with Gasteiger partial charge in [0.1, 0.15) is 0 Å². The Balaban J connectivity index is 1.97. The fourth-order valence-electron chi connectivity index (χ4n) is 2.72. The van der Waals surface area contributed by atoms with E-state index in [-0.39, 0.29) is 5.91 Å². The summed E-state index contributed by atoms with van der Waals surface area (Å²) in [6.45, 7) is 2.23. The van der Waals surface area contributed by atoms with Crippen LogP contribution >= 0.6 is 12.6 Å². The summed E-state index contributed by atoms with van der Waals surface area (Å²) in [5.41, 5.74) is 0.680. The number of carbonyl (C=O) groups excluding carboxylic acids is 1. The normalized spacial score (nSPS) is 23.7. The second-order valence-corrected chi connectivity index (χ2v) is 5.61. The minimum Gasteiger partial charge on any atom is -0.349 e. The lowest BCUT2D eigenvalue weighted by Crippen LogP contribution is -2.38. The van der Waals surface area contributed by atoms with Crippen LogP contribution in [0.3, 0.4) is 0 Å². The molecule has 1 amide bonds. The summed E-state index contributed by atoms with van der Waals surface area (Å²) < 4.78 is 0. The maximum atomic E-state index is 12.2. The molecule has 1 aliphatic rings. The first-order chi connectivity index (χ1) is 8.70. The quantitative estimate of drug-likeness (QED) is 0.800. The number of carbonyl (C=O) groups is 1. The van der Waals surface area contributed by atoms with Crippen molar-refractivity contribution < 1.29 is 4.79 Å². The van der Waals surface area contributed by atoms with Gasteiger partial charge in [0.15, 0.2) is 0 Å². The van der Waals surface area contributed by atoms with Crippen LogP contribution in [-0.2, 0) is 0 Å². The number of amides is 1. The predicted molar refractivity (Wildman–Crippen MR) is 77.2 cm³/mol. The first-order valence-electron chi connectivity index (χ1n) is 6.79. The maximum absolute atomic E-state index is 12.2. The van der Waals surface area contributed by atoms with E-state index in [1.165, 1.54) is 19.3 Å². The number of thiol groups is 1. The van der Waals surface area contributed by atoms with E-state index in [1.54, 1.807) is 0 Å². The Bertz CT molecular complexity index is 419. The lowest BCUT2D eigenvalue weighted by molar-refractivity contribution is 0.0916. The van der Waals surface area contributed by atoms with Gasteiger partial charge >= 0.3 is 0 Å². The Labute approximate surface area is 115 Å². The Morgan fingerprint density at radius 1 is 1.39 bits per heavy atom. The second kappa shape index (κ2) is 6.28. The standard InChI is InChI=1S/C15H21NOS/c1-2-11-6-5-7-12(10-11)16-15(17)13-8-3-4-9-14(13)18/h3-4,8-9,11-12,18H,2,5-7,10H2,1H3,(H,16,17). The minimum atomic E-state index is 0.0161. The molecular weight excluding hydrogens is 242 g/mol. The molecule has 0 bridgehead atoms. The molecule has 3 heteroatoms. The van der Waals surface area contributed by atoms with Crippen molar-refractivity contribution in [3.8, 4) is 0 Å². The summed E-state index contributed by atoms with van der Waals surface area (Å²) in [7, 11) is 0. The van der Waals surface area contributed by atoms with Crippen LogP contribution in [0.5, 0.6) is 0 Å². The van der Waals surface area contributed by atoms with Crippen molar-refractivity contribution in [3.63, 3.8) is 0 Å². The highest BCUT2D eigenvalue weighted by molar-refractivity contribution is 7.80. The SMILES string of the molecule is CCC1CCCC(NC(=O)c2ccccc2S)C1. The molecule has 1 fully saturated rings. The third kappa shape index (κ3) is 3.29. The molecule has 2 nitrogen and oxygen atoms in total. The zero-order chi connectivity index (χ0) is 13.0. The summed E-state index contributed by atoms with van der Waals surface area (Å²) in [4.78, 5) is 12.9. The maximum Gasteiger partial charge on any atom is 0.252 e. The molecule has 0 radical (unpaired) electrons. The van der Waals surface area contributed by atoms with E-state index in [0.717, 1.165) is 23.7 Å². The van der Waals surface area contributed by atoms with Crippen LogP contribution in [0.1, 0.15) is 49.4 Å². The highest BCUT2D eigenvalue weighted by Gasteiger charge is 2.22. The molecule has 0 aromatic heterocycles. The molecule has 0 spiro atoms. The average Bonchev–Trinajstić information content (AvgIpc) is 2.39. The molecule has 1 aliphatic carbocycles. The average molecular weight is 263 g/mol. The van der Waals surface area contributed by atoms with Gasteiger partial charge in [0.05, 0.1) is 5.56 Å². The van der Waals surface area contributed by atoms with Crippen LogP contribution in [-0.4, -0.2) is 11.9 Å². The van der Waals surface area contributed by atoms with E-state index in [0.29, 0.717) is 11.6 Å². The number of benzene rings is 1. The summed E-state index contributed by atoms with van der Waals surface area (Å²) >= 11 is 4.33. The molecule has 0 heterocycles. The summed E-state index contributed by atoms with van der Waals surface area (Å²) in [6, 6.07) is 7.80. The Morgan fingerprint density at radius 3 is 2.89 bits per heavy atom. The summed E-state index contributed by atoms with van der Waals surface area (Å²) in [5, 5.41) is 3.15. The molecule has 2 unspecified atom stereocenters. The molecule has 2 rings (SSSR count). The Morgan fingerprint density at radius 2 is 2.17 bits per heavy atom. The van der Waals surface area contributed by atoms with Crippen molar-refractivity contribution in [2.75, 3.05) is 0 Å². The van der Waals surface area contributed by atoms with Crippen molar-refractivity contribution in [3.05, 3.63) is 29.8 Å². The molecule has 1 aromatic rings. The van der Waals surface area contributed by atoms with Gasteiger partial charge in [-0.05, 0) is 30.9 Å². The molecule has 98 valence electrons. The smallest absolute Gasteiger partial charge is 0.252 e. The van der Waals surface area contributed by atoms with Crippen molar-refractivity contribution in [1.82, 2.24) is 5.32 Å². The molecule has 0 aliphatic heterocycles. The molecule has 2 atom stereocenters. The van der Waals surface area contributed by atoms with Crippen LogP contribution in [0.2, 0.25) is 0 Å². The largest absolute Gasteiger partial charge is 0.349 e. The van der Waals surface area contributed by atoms with Crippen molar-refractivity contribution in [2.45, 2.75) is 50.0 Å². The van der Waals surface area contributed by atoms with Gasteiger partial charge in [-0.3, -0.25) is 4.79 Å². The zero-order valence-electron chi connectivity index (χ0n) is 10.9. The summed E-state index contributed by atoms with van der Waals surface area (Å²) in [5.74, 6) is 0.789. The van der Waals surface area contributed by atoms with Crippen LogP contribution in [0.25, 0.3) is 0 Å². The van der Waals surface area contributed by atoms with Crippen molar-refractivity contribution in [2.24, 2.45) is 5.92 Å². The Kier molecular flexibility index (Phi) is 4.70. The van der Waals surface area contributed by atoms with E-state index in [9.17, 15) is 4.79 Å². The van der Waals surface area contributed by atoms with E-state index in [1.807, 2.05) is 24.3 Å². The lowest BCUT2D eigenvalue weighted by Gasteiger charge is -2.29. The molecule has 0 saturated heterocycles. The fraction of sp³-hybridized carbons (Fsp3) is 0.533. The molecule has 1 N–H and O–H groups in total. The van der Waals surface area contributed by atoms with Gasteiger partial charge < -0.3 is 5.32 Å². The monoisotopic (exact) mass is 263 g/mol. The number of hydrogen-bond donors (Lipinski definition) is 2. The minimum absolute atomic E-state index is 0.0161. The van der Waals surface area contributed by atoms with E-state index >= 15 is 0 Å². The third-order valence-corrected chi connectivity index (χ3v) is 4.23. The fourth-order valence-corrected chi connectivity index (χ4v) is 2.98. The van der Waals surface area contributed by atoms with Gasteiger partial charge in [0, 0.05) is 10.9 Å². The van der Waals surface area contributed by atoms with Crippen LogP contribution in [0.15, 0.2) is 29.2 Å². The van der Waals surface area contributed by atoms with Gasteiger partial charge in [0.2, 0.25) is 0 Å². The predicted octanol–water partition coefficient (Wildman–Crippen LogP) is 3.67. The highest BCUT2D eigenvalue weighted by Crippen LogP contribution is 2.27. The van der Waals surface area contributed by atoms with E-state index in [2.05, 4.69) is 24.9 Å². The van der Waals surface area contributed by atoms with Gasteiger partial charge in [-0.1, -0.05) is 38.3 Å². The molecular formula is C15H21NOS. The number of hydrogen-bond acceptors (Lipinski definition) is 2. The topological polar surface area (TPSA) is 29.1 Å². The van der Waals surface area contributed by atoms with E-state index in [4.69, 9.17) is 0 Å².